The Morgan fingerprint density at radius 1 is 0.821 bits per heavy atom. The van der Waals surface area contributed by atoms with E-state index < -0.39 is 111 Å². The van der Waals surface area contributed by atoms with Gasteiger partial charge in [-0.15, -0.1) is 0 Å². The molecular formula is C23H44O16. The van der Waals surface area contributed by atoms with Crippen LogP contribution < -0.4 is 0 Å². The van der Waals surface area contributed by atoms with Crippen molar-refractivity contribution >= 4 is 0 Å². The van der Waals surface area contributed by atoms with Crippen LogP contribution in [0, 0.1) is 5.92 Å². The van der Waals surface area contributed by atoms with E-state index in [4.69, 9.17) is 24.0 Å². The van der Waals surface area contributed by atoms with E-state index >= 15 is 0 Å². The quantitative estimate of drug-likeness (QED) is 0.0681. The lowest BCUT2D eigenvalue weighted by Gasteiger charge is -2.48. The number of aliphatic hydroxyl groups is 11. The fourth-order valence-electron chi connectivity index (χ4n) is 5.03. The average Bonchev–Trinajstić information content (AvgIpc) is 2.90. The summed E-state index contributed by atoms with van der Waals surface area (Å²) in [7, 11) is 0. The van der Waals surface area contributed by atoms with Crippen LogP contribution in [0.4, 0.5) is 0 Å². The lowest BCUT2D eigenvalue weighted by molar-refractivity contribution is -0.424. The van der Waals surface area contributed by atoms with Gasteiger partial charge in [-0.3, -0.25) is 0 Å². The third kappa shape index (κ3) is 7.81. The first kappa shape index (κ1) is 34.6. The van der Waals surface area contributed by atoms with Gasteiger partial charge in [0.05, 0.1) is 37.6 Å². The van der Waals surface area contributed by atoms with E-state index in [2.05, 4.69) is 0 Å². The molecule has 2 fully saturated rings. The Morgan fingerprint density at radius 2 is 1.44 bits per heavy atom. The normalized spacial score (nSPS) is 40.5. The highest BCUT2D eigenvalue weighted by Crippen LogP contribution is 2.38. The molecule has 2 aliphatic rings. The van der Waals surface area contributed by atoms with Crippen LogP contribution in [0.2, 0.25) is 0 Å². The zero-order valence-corrected chi connectivity index (χ0v) is 22.1. The molecule has 2 aliphatic heterocycles. The van der Waals surface area contributed by atoms with E-state index in [1.54, 1.807) is 6.92 Å². The first-order chi connectivity index (χ1) is 18.3. The molecule has 0 aliphatic carbocycles. The molecule has 0 amide bonds. The minimum Gasteiger partial charge on any atom is -0.394 e. The van der Waals surface area contributed by atoms with E-state index in [1.807, 2.05) is 0 Å². The summed E-state index contributed by atoms with van der Waals surface area (Å²) in [5.41, 5.74) is -1.61. The van der Waals surface area contributed by atoms with E-state index in [-0.39, 0.29) is 6.42 Å². The summed E-state index contributed by atoms with van der Waals surface area (Å²) < 4.78 is 16.5. The molecule has 0 aromatic rings. The van der Waals surface area contributed by atoms with E-state index in [0.29, 0.717) is 6.42 Å². The van der Waals surface area contributed by atoms with Crippen molar-refractivity contribution in [1.29, 1.82) is 0 Å². The maximum atomic E-state index is 11.0. The van der Waals surface area contributed by atoms with Crippen LogP contribution >= 0.6 is 0 Å². The van der Waals surface area contributed by atoms with Gasteiger partial charge in [0, 0.05) is 5.92 Å². The van der Waals surface area contributed by atoms with E-state index in [1.165, 1.54) is 13.8 Å². The van der Waals surface area contributed by atoms with Crippen molar-refractivity contribution in [3.8, 4) is 0 Å². The van der Waals surface area contributed by atoms with Crippen LogP contribution in [-0.4, -0.2) is 161 Å². The van der Waals surface area contributed by atoms with Gasteiger partial charge in [0.1, 0.15) is 54.9 Å². The average molecular weight is 577 g/mol. The summed E-state index contributed by atoms with van der Waals surface area (Å²) in [5, 5.41) is 111. The summed E-state index contributed by atoms with van der Waals surface area (Å²) in [4.78, 5) is 10.6. The Balaban J connectivity index is 2.37. The second-order valence-corrected chi connectivity index (χ2v) is 10.2. The molecule has 0 spiro atoms. The van der Waals surface area contributed by atoms with Crippen LogP contribution in [0.1, 0.15) is 33.6 Å². The Kier molecular flexibility index (Phi) is 13.3. The lowest BCUT2D eigenvalue weighted by Crippen LogP contribution is -2.63. The van der Waals surface area contributed by atoms with Crippen molar-refractivity contribution < 1.29 is 80.2 Å². The fraction of sp³-hybridized carbons (Fsp3) is 1.00. The molecule has 2 heterocycles. The Morgan fingerprint density at radius 3 is 1.95 bits per heavy atom. The Labute approximate surface area is 225 Å². The van der Waals surface area contributed by atoms with Crippen molar-refractivity contribution in [1.82, 2.24) is 0 Å². The van der Waals surface area contributed by atoms with Crippen LogP contribution in [0.5, 0.6) is 0 Å². The molecule has 7 unspecified atom stereocenters. The fourth-order valence-corrected chi connectivity index (χ4v) is 5.03. The van der Waals surface area contributed by atoms with Crippen molar-refractivity contribution in [3.05, 3.63) is 0 Å². The summed E-state index contributed by atoms with van der Waals surface area (Å²) in [6.45, 7) is 2.13. The predicted molar refractivity (Wildman–Crippen MR) is 126 cm³/mol. The summed E-state index contributed by atoms with van der Waals surface area (Å²) in [6.07, 6.45) is -20.6. The highest BCUT2D eigenvalue weighted by molar-refractivity contribution is 4.97. The van der Waals surface area contributed by atoms with Gasteiger partial charge in [0.25, 0.3) is 0 Å². The molecule has 0 aromatic heterocycles. The molecule has 16 heteroatoms. The molecule has 0 aromatic carbocycles. The third-order valence-electron chi connectivity index (χ3n) is 7.26. The Bertz CT molecular complexity index is 712. The van der Waals surface area contributed by atoms with Gasteiger partial charge in [-0.1, -0.05) is 13.3 Å². The number of hydrogen-bond donors (Lipinski definition) is 11. The molecule has 2 rings (SSSR count). The lowest BCUT2D eigenvalue weighted by atomic mass is 9.76. The SMILES string of the molecule is CCC[C@@](C)(O[C@@H]1OC(CO)[C@@H](O)[C@H](O)C1O)[C@H](C(CO)OO[C@@H]1C(CO)O[C@H](O)C(O)C1O)C(O)[C@@H](C)O. The number of ether oxygens (including phenoxy) is 3. The van der Waals surface area contributed by atoms with Crippen molar-refractivity contribution in [2.24, 2.45) is 5.92 Å². The van der Waals surface area contributed by atoms with E-state index in [9.17, 15) is 56.2 Å². The maximum Gasteiger partial charge on any atom is 0.187 e. The Hall–Kier alpha value is -0.640. The van der Waals surface area contributed by atoms with Crippen molar-refractivity contribution in [2.45, 2.75) is 119 Å². The van der Waals surface area contributed by atoms with Gasteiger partial charge in [-0.25, -0.2) is 9.78 Å². The molecule has 15 atom stereocenters. The third-order valence-corrected chi connectivity index (χ3v) is 7.26. The van der Waals surface area contributed by atoms with Gasteiger partial charge in [-0.2, -0.15) is 0 Å². The van der Waals surface area contributed by atoms with Gasteiger partial charge in [0.15, 0.2) is 12.6 Å². The van der Waals surface area contributed by atoms with Gasteiger partial charge < -0.3 is 70.4 Å². The van der Waals surface area contributed by atoms with Crippen molar-refractivity contribution in [2.75, 3.05) is 19.8 Å². The van der Waals surface area contributed by atoms with Gasteiger partial charge in [-0.05, 0) is 20.3 Å². The van der Waals surface area contributed by atoms with E-state index in [0.717, 1.165) is 0 Å². The molecule has 16 nitrogen and oxygen atoms in total. The highest BCUT2D eigenvalue weighted by atomic mass is 17.2. The summed E-state index contributed by atoms with van der Waals surface area (Å²) in [5.74, 6) is -1.36. The minimum absolute atomic E-state index is 0.0929. The zero-order valence-electron chi connectivity index (χ0n) is 22.1. The van der Waals surface area contributed by atoms with Crippen LogP contribution in [0.25, 0.3) is 0 Å². The standard InChI is InChI=1S/C23H44O16/c1-4-5-23(3,37-22-19(33)16(30)15(29)11(7-25)36-22)13(14(28)9(2)27)10(6-24)38-39-20-12(8-26)35-21(34)18(32)17(20)31/h9-22,24-34H,4-8H2,1-3H3/t9-,10?,11?,12?,13-,14?,15-,16+,17?,18?,19?,20-,21+,22+,23-/m1/s1. The first-order valence-corrected chi connectivity index (χ1v) is 12.9. The largest absolute Gasteiger partial charge is 0.394 e. The van der Waals surface area contributed by atoms with Crippen LogP contribution in [0.3, 0.4) is 0 Å². The second kappa shape index (κ2) is 15.0. The molecule has 11 N–H and O–H groups in total. The molecule has 232 valence electrons. The van der Waals surface area contributed by atoms with Crippen LogP contribution in [-0.2, 0) is 24.0 Å². The highest BCUT2D eigenvalue weighted by Gasteiger charge is 2.53. The summed E-state index contributed by atoms with van der Waals surface area (Å²) in [6, 6.07) is 0. The molecule has 39 heavy (non-hydrogen) atoms. The second-order valence-electron chi connectivity index (χ2n) is 10.2. The van der Waals surface area contributed by atoms with Crippen molar-refractivity contribution in [3.63, 3.8) is 0 Å². The monoisotopic (exact) mass is 576 g/mol. The summed E-state index contributed by atoms with van der Waals surface area (Å²) >= 11 is 0. The number of hydrogen-bond acceptors (Lipinski definition) is 16. The smallest absolute Gasteiger partial charge is 0.187 e. The molecule has 0 radical (unpaired) electrons. The first-order valence-electron chi connectivity index (χ1n) is 12.9. The number of aliphatic hydroxyl groups excluding tert-OH is 11. The molecule has 0 bridgehead atoms. The van der Waals surface area contributed by atoms with Gasteiger partial charge >= 0.3 is 0 Å². The molecular weight excluding hydrogens is 532 g/mol. The predicted octanol–water partition coefficient (Wildman–Crippen LogP) is -5.17. The number of rotatable bonds is 14. The minimum atomic E-state index is -1.83. The maximum absolute atomic E-state index is 11.0. The van der Waals surface area contributed by atoms with Crippen LogP contribution in [0.15, 0.2) is 0 Å². The molecule has 0 saturated carbocycles. The van der Waals surface area contributed by atoms with Gasteiger partial charge in [0.2, 0.25) is 0 Å². The zero-order chi connectivity index (χ0) is 29.7. The molecule has 2 saturated heterocycles. The topological polar surface area (TPSA) is 269 Å².